The van der Waals surface area contributed by atoms with Gasteiger partial charge in [-0.1, -0.05) is 65.7 Å². The van der Waals surface area contributed by atoms with E-state index in [1.807, 2.05) is 42.5 Å². The van der Waals surface area contributed by atoms with Crippen LogP contribution in [0.5, 0.6) is 11.5 Å². The molecule has 180 valence electrons. The van der Waals surface area contributed by atoms with Crippen LogP contribution in [0.2, 0.25) is 10.0 Å². The number of carbonyl (C=O) groups excluding carboxylic acids is 2. The first kappa shape index (κ1) is 25.2. The van der Waals surface area contributed by atoms with Gasteiger partial charge in [-0.15, -0.1) is 0 Å². The molecule has 3 aromatic carbocycles. The second kappa shape index (κ2) is 11.7. The standard InChI is InChI=1S/C27H23Cl2NO4S/c1-33-24-15-19(10-12-23(24)34-17-20-9-11-21(28)22(29)14-20)16-25-26(31)30(27(32)35-25)13-5-8-18-6-3-2-4-7-18/h2-4,6-7,9-12,14-16H,5,8,13,17H2,1H3/b25-16+. The molecule has 1 aliphatic heterocycles. The first-order valence-electron chi connectivity index (χ1n) is 11.0. The highest BCUT2D eigenvalue weighted by Gasteiger charge is 2.34. The van der Waals surface area contributed by atoms with E-state index in [4.69, 9.17) is 32.7 Å². The lowest BCUT2D eigenvalue weighted by Gasteiger charge is -2.12. The van der Waals surface area contributed by atoms with E-state index in [9.17, 15) is 9.59 Å². The van der Waals surface area contributed by atoms with Crippen molar-refractivity contribution in [2.75, 3.05) is 13.7 Å². The Kier molecular flexibility index (Phi) is 8.39. The number of hydrogen-bond donors (Lipinski definition) is 0. The highest BCUT2D eigenvalue weighted by atomic mass is 35.5. The largest absolute Gasteiger partial charge is 0.493 e. The van der Waals surface area contributed by atoms with Gasteiger partial charge in [0.2, 0.25) is 0 Å². The Morgan fingerprint density at radius 1 is 0.914 bits per heavy atom. The number of carbonyl (C=O) groups is 2. The summed E-state index contributed by atoms with van der Waals surface area (Å²) in [7, 11) is 1.55. The number of benzene rings is 3. The van der Waals surface area contributed by atoms with Crippen LogP contribution in [-0.2, 0) is 17.8 Å². The van der Waals surface area contributed by atoms with Crippen LogP contribution >= 0.6 is 35.0 Å². The van der Waals surface area contributed by atoms with Crippen molar-refractivity contribution in [2.24, 2.45) is 0 Å². The van der Waals surface area contributed by atoms with Gasteiger partial charge in [0.15, 0.2) is 11.5 Å². The molecule has 0 aliphatic carbocycles. The Bertz CT molecular complexity index is 1260. The molecular formula is C27H23Cl2NO4S. The summed E-state index contributed by atoms with van der Waals surface area (Å²) >= 11 is 13.0. The molecule has 1 fully saturated rings. The van der Waals surface area contributed by atoms with E-state index in [-0.39, 0.29) is 17.8 Å². The van der Waals surface area contributed by atoms with E-state index in [1.54, 1.807) is 37.5 Å². The maximum absolute atomic E-state index is 12.8. The van der Waals surface area contributed by atoms with Crippen LogP contribution in [0, 0.1) is 0 Å². The van der Waals surface area contributed by atoms with E-state index < -0.39 is 0 Å². The highest BCUT2D eigenvalue weighted by molar-refractivity contribution is 8.18. The highest BCUT2D eigenvalue weighted by Crippen LogP contribution is 2.35. The molecule has 0 aromatic heterocycles. The monoisotopic (exact) mass is 527 g/mol. The molecule has 0 unspecified atom stereocenters. The first-order chi connectivity index (χ1) is 16.9. The molecule has 1 saturated heterocycles. The summed E-state index contributed by atoms with van der Waals surface area (Å²) in [6, 6.07) is 20.7. The number of hydrogen-bond acceptors (Lipinski definition) is 5. The fourth-order valence-corrected chi connectivity index (χ4v) is 4.80. The SMILES string of the molecule is COc1cc(/C=C2/SC(=O)N(CCCc3ccccc3)C2=O)ccc1OCc1ccc(Cl)c(Cl)c1. The van der Waals surface area contributed by atoms with Crippen molar-refractivity contribution >= 4 is 52.2 Å². The summed E-state index contributed by atoms with van der Waals surface area (Å²) in [5.41, 5.74) is 2.79. The van der Waals surface area contributed by atoms with E-state index in [2.05, 4.69) is 0 Å². The molecule has 5 nitrogen and oxygen atoms in total. The smallest absolute Gasteiger partial charge is 0.293 e. The molecule has 0 atom stereocenters. The molecule has 0 spiro atoms. The number of methoxy groups -OCH3 is 1. The van der Waals surface area contributed by atoms with Crippen LogP contribution in [0.4, 0.5) is 4.79 Å². The van der Waals surface area contributed by atoms with E-state index >= 15 is 0 Å². The number of imide groups is 1. The van der Waals surface area contributed by atoms with E-state index in [0.717, 1.165) is 29.3 Å². The predicted molar refractivity (Wildman–Crippen MR) is 141 cm³/mol. The van der Waals surface area contributed by atoms with Gasteiger partial charge in [-0.05, 0) is 71.6 Å². The van der Waals surface area contributed by atoms with Crippen LogP contribution in [0.1, 0.15) is 23.1 Å². The third-order valence-corrected chi connectivity index (χ3v) is 7.07. The molecule has 0 bridgehead atoms. The van der Waals surface area contributed by atoms with Gasteiger partial charge < -0.3 is 9.47 Å². The summed E-state index contributed by atoms with van der Waals surface area (Å²) in [5, 5.41) is 0.699. The third kappa shape index (κ3) is 6.40. The number of amides is 2. The fraction of sp³-hybridized carbons (Fsp3) is 0.185. The van der Waals surface area contributed by atoms with Gasteiger partial charge in [0.25, 0.3) is 11.1 Å². The molecule has 35 heavy (non-hydrogen) atoms. The van der Waals surface area contributed by atoms with Gasteiger partial charge in [0, 0.05) is 6.54 Å². The summed E-state index contributed by atoms with van der Waals surface area (Å²) in [4.78, 5) is 27.0. The number of rotatable bonds is 9. The maximum atomic E-state index is 12.8. The normalized spacial score (nSPS) is 14.6. The van der Waals surface area contributed by atoms with Crippen LogP contribution in [-0.4, -0.2) is 29.7 Å². The van der Waals surface area contributed by atoms with Crippen molar-refractivity contribution in [2.45, 2.75) is 19.4 Å². The lowest BCUT2D eigenvalue weighted by molar-refractivity contribution is -0.122. The molecule has 4 rings (SSSR count). The zero-order valence-electron chi connectivity index (χ0n) is 19.0. The zero-order valence-corrected chi connectivity index (χ0v) is 21.3. The number of ether oxygens (including phenoxy) is 2. The minimum absolute atomic E-state index is 0.247. The fourth-order valence-electron chi connectivity index (χ4n) is 3.61. The second-order valence-electron chi connectivity index (χ2n) is 7.87. The van der Waals surface area contributed by atoms with Crippen molar-refractivity contribution in [3.05, 3.63) is 98.4 Å². The van der Waals surface area contributed by atoms with E-state index in [1.165, 1.54) is 10.5 Å². The van der Waals surface area contributed by atoms with Crippen molar-refractivity contribution in [3.63, 3.8) is 0 Å². The number of aryl methyl sites for hydroxylation is 1. The molecule has 0 radical (unpaired) electrons. The summed E-state index contributed by atoms with van der Waals surface area (Å²) in [6.45, 7) is 0.677. The molecule has 2 amide bonds. The lowest BCUT2D eigenvalue weighted by Crippen LogP contribution is -2.29. The topological polar surface area (TPSA) is 55.8 Å². The Morgan fingerprint density at radius 2 is 1.71 bits per heavy atom. The lowest BCUT2D eigenvalue weighted by atomic mass is 10.1. The third-order valence-electron chi connectivity index (χ3n) is 5.43. The predicted octanol–water partition coefficient (Wildman–Crippen LogP) is 7.25. The van der Waals surface area contributed by atoms with Gasteiger partial charge in [0.05, 0.1) is 22.1 Å². The molecule has 1 heterocycles. The molecule has 3 aromatic rings. The second-order valence-corrected chi connectivity index (χ2v) is 9.68. The van der Waals surface area contributed by atoms with Gasteiger partial charge in [-0.2, -0.15) is 0 Å². The minimum Gasteiger partial charge on any atom is -0.493 e. The van der Waals surface area contributed by atoms with Gasteiger partial charge >= 0.3 is 0 Å². The Hall–Kier alpha value is -2.93. The van der Waals surface area contributed by atoms with E-state index in [0.29, 0.717) is 39.4 Å². The van der Waals surface area contributed by atoms with Crippen molar-refractivity contribution in [1.82, 2.24) is 4.90 Å². The van der Waals surface area contributed by atoms with Crippen molar-refractivity contribution < 1.29 is 19.1 Å². The minimum atomic E-state index is -0.271. The summed E-state index contributed by atoms with van der Waals surface area (Å²) in [6.07, 6.45) is 3.23. The van der Waals surface area contributed by atoms with Crippen LogP contribution in [0.15, 0.2) is 71.6 Å². The van der Waals surface area contributed by atoms with Gasteiger partial charge in [-0.3, -0.25) is 14.5 Å². The molecule has 8 heteroatoms. The molecular weight excluding hydrogens is 505 g/mol. The molecule has 0 saturated carbocycles. The summed E-state index contributed by atoms with van der Waals surface area (Å²) < 4.78 is 11.4. The number of halogens is 2. The van der Waals surface area contributed by atoms with Crippen molar-refractivity contribution in [3.8, 4) is 11.5 Å². The zero-order chi connectivity index (χ0) is 24.8. The average Bonchev–Trinajstić information content (AvgIpc) is 3.13. The Morgan fingerprint density at radius 3 is 2.46 bits per heavy atom. The first-order valence-corrected chi connectivity index (χ1v) is 12.6. The molecule has 0 N–H and O–H groups in total. The number of nitrogens with zero attached hydrogens (tertiary/aromatic N) is 1. The van der Waals surface area contributed by atoms with Gasteiger partial charge in [0.1, 0.15) is 6.61 Å². The number of thioether (sulfide) groups is 1. The van der Waals surface area contributed by atoms with Crippen LogP contribution in [0.3, 0.4) is 0 Å². The Balaban J connectivity index is 1.40. The molecule has 1 aliphatic rings. The average molecular weight is 528 g/mol. The van der Waals surface area contributed by atoms with Gasteiger partial charge in [-0.25, -0.2) is 0 Å². The van der Waals surface area contributed by atoms with Crippen LogP contribution < -0.4 is 9.47 Å². The van der Waals surface area contributed by atoms with Crippen LogP contribution in [0.25, 0.3) is 6.08 Å². The summed E-state index contributed by atoms with van der Waals surface area (Å²) in [5.74, 6) is 0.789. The Labute approximate surface area is 218 Å². The quantitative estimate of drug-likeness (QED) is 0.274. The maximum Gasteiger partial charge on any atom is 0.293 e. The van der Waals surface area contributed by atoms with Crippen molar-refractivity contribution in [1.29, 1.82) is 0 Å².